The number of carbonyl (C=O) groups excluding carboxylic acids is 1. The van der Waals surface area contributed by atoms with Gasteiger partial charge in [-0.15, -0.1) is 0 Å². The molecule has 0 atom stereocenters. The minimum absolute atomic E-state index is 0.162. The normalized spacial score (nSPS) is 16.5. The van der Waals surface area contributed by atoms with E-state index in [1.165, 1.54) is 0 Å². The van der Waals surface area contributed by atoms with Crippen LogP contribution in [0.4, 0.5) is 16.3 Å². The number of nitrogens with one attached hydrogen (secondary N) is 1. The molecule has 1 saturated carbocycles. The first-order valence-electron chi connectivity index (χ1n) is 10.1. The summed E-state index contributed by atoms with van der Waals surface area (Å²) in [6, 6.07) is 8.77. The fourth-order valence-corrected chi connectivity index (χ4v) is 3.77. The van der Waals surface area contributed by atoms with E-state index in [4.69, 9.17) is 27.7 Å². The van der Waals surface area contributed by atoms with Gasteiger partial charge in [0.05, 0.1) is 10.0 Å². The molecule has 2 fully saturated rings. The molecule has 1 aliphatic heterocycles. The average molecular weight is 459 g/mol. The molecule has 160 valence electrons. The maximum absolute atomic E-state index is 12.5. The number of aromatic nitrogens is 3. The summed E-state index contributed by atoms with van der Waals surface area (Å²) in [6.45, 7) is 2.56. The van der Waals surface area contributed by atoms with Gasteiger partial charge in [-0.05, 0) is 43.2 Å². The zero-order valence-electron chi connectivity index (χ0n) is 16.6. The number of anilines is 2. The van der Waals surface area contributed by atoms with Gasteiger partial charge in [0.1, 0.15) is 5.82 Å². The van der Waals surface area contributed by atoms with Gasteiger partial charge in [-0.1, -0.05) is 28.4 Å². The number of piperazine rings is 1. The van der Waals surface area contributed by atoms with Gasteiger partial charge in [-0.2, -0.15) is 4.98 Å². The first-order chi connectivity index (χ1) is 15.1. The van der Waals surface area contributed by atoms with Crippen molar-refractivity contribution in [1.82, 2.24) is 20.0 Å². The van der Waals surface area contributed by atoms with Gasteiger partial charge in [-0.25, -0.2) is 9.78 Å². The highest BCUT2D eigenvalue weighted by atomic mass is 35.5. The molecule has 2 aliphatic rings. The lowest BCUT2D eigenvalue weighted by Gasteiger charge is -2.35. The highest BCUT2D eigenvalue weighted by Gasteiger charge is 2.30. The summed E-state index contributed by atoms with van der Waals surface area (Å²) in [5.41, 5.74) is 1.45. The molecule has 31 heavy (non-hydrogen) atoms. The van der Waals surface area contributed by atoms with Gasteiger partial charge in [0, 0.05) is 49.5 Å². The molecule has 0 spiro atoms. The summed E-state index contributed by atoms with van der Waals surface area (Å²) in [4.78, 5) is 25.5. The van der Waals surface area contributed by atoms with E-state index in [9.17, 15) is 4.79 Å². The minimum atomic E-state index is -0.162. The number of pyridine rings is 1. The molecule has 3 aromatic rings. The fraction of sp³-hybridized carbons (Fsp3) is 0.333. The zero-order chi connectivity index (χ0) is 21.4. The Morgan fingerprint density at radius 3 is 2.55 bits per heavy atom. The maximum Gasteiger partial charge on any atom is 0.321 e. The van der Waals surface area contributed by atoms with E-state index >= 15 is 0 Å². The van der Waals surface area contributed by atoms with Crippen molar-refractivity contribution in [2.45, 2.75) is 18.8 Å². The molecule has 5 rings (SSSR count). The first-order valence-corrected chi connectivity index (χ1v) is 10.9. The van der Waals surface area contributed by atoms with Crippen LogP contribution in [-0.2, 0) is 0 Å². The molecule has 0 radical (unpaired) electrons. The Kier molecular flexibility index (Phi) is 5.41. The molecule has 0 unspecified atom stereocenters. The SMILES string of the molecule is O=C(Nc1ccc(Cl)c(Cl)c1)N1CCN(c2ccc(-c3noc(C4CC4)n3)cn2)CC1. The van der Waals surface area contributed by atoms with Crippen LogP contribution in [-0.4, -0.2) is 52.2 Å². The molecule has 1 N–H and O–H groups in total. The number of hydrogen-bond acceptors (Lipinski definition) is 6. The third-order valence-electron chi connectivity index (χ3n) is 5.44. The lowest BCUT2D eigenvalue weighted by atomic mass is 10.2. The summed E-state index contributed by atoms with van der Waals surface area (Å²) in [5.74, 6) is 2.58. The molecular weight excluding hydrogens is 439 g/mol. The summed E-state index contributed by atoms with van der Waals surface area (Å²) in [5, 5.41) is 7.78. The van der Waals surface area contributed by atoms with Crippen molar-refractivity contribution in [3.63, 3.8) is 0 Å². The van der Waals surface area contributed by atoms with E-state index in [0.29, 0.717) is 59.5 Å². The van der Waals surface area contributed by atoms with Gasteiger partial charge in [0.2, 0.25) is 11.7 Å². The van der Waals surface area contributed by atoms with Crippen LogP contribution in [0.2, 0.25) is 10.0 Å². The largest absolute Gasteiger partial charge is 0.353 e. The number of hydrogen-bond donors (Lipinski definition) is 1. The Balaban J connectivity index is 1.17. The van der Waals surface area contributed by atoms with Crippen molar-refractivity contribution < 1.29 is 9.32 Å². The molecule has 3 heterocycles. The van der Waals surface area contributed by atoms with E-state index in [2.05, 4.69) is 25.3 Å². The second-order valence-electron chi connectivity index (χ2n) is 7.67. The summed E-state index contributed by atoms with van der Waals surface area (Å²) in [7, 11) is 0. The third kappa shape index (κ3) is 4.45. The van der Waals surface area contributed by atoms with Gasteiger partial charge in [-0.3, -0.25) is 0 Å². The van der Waals surface area contributed by atoms with E-state index in [1.807, 2.05) is 12.1 Å². The van der Waals surface area contributed by atoms with Crippen molar-refractivity contribution in [2.24, 2.45) is 0 Å². The highest BCUT2D eigenvalue weighted by molar-refractivity contribution is 6.42. The zero-order valence-corrected chi connectivity index (χ0v) is 18.1. The lowest BCUT2D eigenvalue weighted by molar-refractivity contribution is 0.208. The Morgan fingerprint density at radius 2 is 1.87 bits per heavy atom. The summed E-state index contributed by atoms with van der Waals surface area (Å²) < 4.78 is 5.32. The molecule has 1 aromatic carbocycles. The maximum atomic E-state index is 12.5. The van der Waals surface area contributed by atoms with Crippen LogP contribution in [0.25, 0.3) is 11.4 Å². The molecule has 10 heteroatoms. The minimum Gasteiger partial charge on any atom is -0.353 e. The van der Waals surface area contributed by atoms with Gasteiger partial charge in [0.25, 0.3) is 0 Å². The quantitative estimate of drug-likeness (QED) is 0.610. The number of benzene rings is 1. The standard InChI is InChI=1S/C21H20Cl2N6O2/c22-16-5-4-15(11-17(16)23)25-21(30)29-9-7-28(8-10-29)18-6-3-14(12-24-18)19-26-20(31-27-19)13-1-2-13/h3-6,11-13H,1-2,7-10H2,(H,25,30). The van der Waals surface area contributed by atoms with E-state index in [0.717, 1.165) is 24.2 Å². The van der Waals surface area contributed by atoms with Crippen molar-refractivity contribution in [3.8, 4) is 11.4 Å². The van der Waals surface area contributed by atoms with Crippen LogP contribution in [0, 0.1) is 0 Å². The Labute approximate surface area is 189 Å². The molecule has 1 aliphatic carbocycles. The van der Waals surface area contributed by atoms with Gasteiger partial charge >= 0.3 is 6.03 Å². The first kappa shape index (κ1) is 20.1. The van der Waals surface area contributed by atoms with Crippen LogP contribution in [0.1, 0.15) is 24.7 Å². The Bertz CT molecular complexity index is 1090. The molecule has 2 amide bonds. The number of halogens is 2. The van der Waals surface area contributed by atoms with Crippen molar-refractivity contribution in [1.29, 1.82) is 0 Å². The van der Waals surface area contributed by atoms with Crippen LogP contribution in [0.15, 0.2) is 41.1 Å². The van der Waals surface area contributed by atoms with E-state index in [1.54, 1.807) is 29.3 Å². The average Bonchev–Trinajstić information content (AvgIpc) is 3.53. The van der Waals surface area contributed by atoms with Gasteiger partial charge in [0.15, 0.2) is 0 Å². The summed E-state index contributed by atoms with van der Waals surface area (Å²) in [6.07, 6.45) is 4.01. The predicted octanol–water partition coefficient (Wildman–Crippen LogP) is 4.67. The Morgan fingerprint density at radius 1 is 1.06 bits per heavy atom. The molecule has 1 saturated heterocycles. The van der Waals surface area contributed by atoms with E-state index in [-0.39, 0.29) is 6.03 Å². The predicted molar refractivity (Wildman–Crippen MR) is 119 cm³/mol. The topological polar surface area (TPSA) is 87.4 Å². The second kappa shape index (κ2) is 8.36. The van der Waals surface area contributed by atoms with Gasteiger partial charge < -0.3 is 19.6 Å². The smallest absolute Gasteiger partial charge is 0.321 e. The molecule has 2 aromatic heterocycles. The van der Waals surface area contributed by atoms with Crippen LogP contribution < -0.4 is 10.2 Å². The van der Waals surface area contributed by atoms with Crippen LogP contribution in [0.5, 0.6) is 0 Å². The molecule has 8 nitrogen and oxygen atoms in total. The second-order valence-corrected chi connectivity index (χ2v) is 8.48. The lowest BCUT2D eigenvalue weighted by Crippen LogP contribution is -2.50. The monoisotopic (exact) mass is 458 g/mol. The van der Waals surface area contributed by atoms with Crippen LogP contribution in [0.3, 0.4) is 0 Å². The number of nitrogens with zero attached hydrogens (tertiary/aromatic N) is 5. The van der Waals surface area contributed by atoms with Crippen molar-refractivity contribution in [3.05, 3.63) is 52.5 Å². The number of amides is 2. The van der Waals surface area contributed by atoms with Crippen LogP contribution >= 0.6 is 23.2 Å². The molecule has 0 bridgehead atoms. The summed E-state index contributed by atoms with van der Waals surface area (Å²) >= 11 is 11.9. The number of carbonyl (C=O) groups is 1. The fourth-order valence-electron chi connectivity index (χ4n) is 3.47. The highest BCUT2D eigenvalue weighted by Crippen LogP contribution is 2.39. The number of urea groups is 1. The van der Waals surface area contributed by atoms with E-state index < -0.39 is 0 Å². The third-order valence-corrected chi connectivity index (χ3v) is 6.18. The van der Waals surface area contributed by atoms with Crippen molar-refractivity contribution >= 4 is 40.7 Å². The molecular formula is C21H20Cl2N6O2. The Hall–Kier alpha value is -2.84. The van der Waals surface area contributed by atoms with Crippen molar-refractivity contribution in [2.75, 3.05) is 36.4 Å². The number of rotatable bonds is 4.